The summed E-state index contributed by atoms with van der Waals surface area (Å²) in [5, 5.41) is 9.12. The molecule has 1 aliphatic rings. The van der Waals surface area contributed by atoms with Gasteiger partial charge in [0.15, 0.2) is 0 Å². The van der Waals surface area contributed by atoms with Gasteiger partial charge in [0.25, 0.3) is 0 Å². The minimum atomic E-state index is -0.807. The van der Waals surface area contributed by atoms with Gasteiger partial charge in [-0.15, -0.1) is 0 Å². The topological polar surface area (TPSA) is 60.9 Å². The summed E-state index contributed by atoms with van der Waals surface area (Å²) in [4.78, 5) is 27.1. The van der Waals surface area contributed by atoms with Crippen LogP contribution < -0.4 is 0 Å². The first-order chi connectivity index (χ1) is 10.1. The maximum atomic E-state index is 12.6. The Labute approximate surface area is 125 Å². The van der Waals surface area contributed by atoms with E-state index in [1.54, 1.807) is 9.80 Å². The van der Waals surface area contributed by atoms with Gasteiger partial charge in [0.1, 0.15) is 0 Å². The molecule has 1 aromatic rings. The van der Waals surface area contributed by atoms with Crippen LogP contribution in [0.15, 0.2) is 30.3 Å². The van der Waals surface area contributed by atoms with Crippen molar-refractivity contribution < 1.29 is 14.7 Å². The van der Waals surface area contributed by atoms with E-state index in [0.717, 1.165) is 12.0 Å². The van der Waals surface area contributed by atoms with Crippen molar-refractivity contribution in [3.8, 4) is 0 Å². The fraction of sp³-hybridized carbons (Fsp3) is 0.500. The molecule has 0 radical (unpaired) electrons. The number of carboxylic acids is 1. The number of rotatable bonds is 4. The van der Waals surface area contributed by atoms with Crippen LogP contribution in [0.5, 0.6) is 0 Å². The molecule has 1 aromatic carbocycles. The number of hydrogen-bond donors (Lipinski definition) is 1. The number of nitrogens with zero attached hydrogens (tertiary/aromatic N) is 2. The van der Waals surface area contributed by atoms with Gasteiger partial charge in [0.2, 0.25) is 0 Å². The van der Waals surface area contributed by atoms with Crippen molar-refractivity contribution in [1.29, 1.82) is 0 Å². The molecule has 1 atom stereocenters. The van der Waals surface area contributed by atoms with Crippen molar-refractivity contribution in [2.75, 3.05) is 19.6 Å². The van der Waals surface area contributed by atoms with Crippen molar-refractivity contribution in [3.63, 3.8) is 0 Å². The van der Waals surface area contributed by atoms with Crippen LogP contribution in [0.25, 0.3) is 0 Å². The lowest BCUT2D eigenvalue weighted by Gasteiger charge is -2.35. The molecule has 1 aliphatic heterocycles. The molecule has 0 bridgehead atoms. The molecule has 0 aliphatic carbocycles. The van der Waals surface area contributed by atoms with Crippen LogP contribution >= 0.6 is 0 Å². The molecule has 5 heteroatoms. The normalized spacial score (nSPS) is 18.3. The lowest BCUT2D eigenvalue weighted by Crippen LogP contribution is -2.48. The highest BCUT2D eigenvalue weighted by atomic mass is 16.4. The van der Waals surface area contributed by atoms with Gasteiger partial charge in [0, 0.05) is 26.2 Å². The number of hydrogen-bond acceptors (Lipinski definition) is 2. The number of carboxylic acid groups (broad SMARTS) is 1. The molecule has 2 amide bonds. The van der Waals surface area contributed by atoms with Crippen LogP contribution in [0.2, 0.25) is 0 Å². The number of aliphatic carboxylic acids is 1. The van der Waals surface area contributed by atoms with Crippen LogP contribution in [0.4, 0.5) is 4.79 Å². The number of amides is 2. The van der Waals surface area contributed by atoms with Gasteiger partial charge in [0.05, 0.1) is 5.92 Å². The van der Waals surface area contributed by atoms with Crippen molar-refractivity contribution >= 4 is 12.0 Å². The van der Waals surface area contributed by atoms with Crippen molar-refractivity contribution in [2.45, 2.75) is 26.3 Å². The van der Waals surface area contributed by atoms with Gasteiger partial charge < -0.3 is 14.9 Å². The zero-order valence-corrected chi connectivity index (χ0v) is 12.4. The van der Waals surface area contributed by atoms with Crippen LogP contribution in [0, 0.1) is 5.92 Å². The molecule has 0 unspecified atom stereocenters. The standard InChI is InChI=1S/C16H22N2O3/c1-2-17(11-13-7-4-3-5-8-13)16(21)18-10-6-9-14(12-18)15(19)20/h3-5,7-8,14H,2,6,9-12H2,1H3,(H,19,20)/t14-/m1/s1. The Morgan fingerprint density at radius 2 is 2.05 bits per heavy atom. The van der Waals surface area contributed by atoms with E-state index in [4.69, 9.17) is 5.11 Å². The zero-order chi connectivity index (χ0) is 15.2. The van der Waals surface area contributed by atoms with E-state index >= 15 is 0 Å². The molecule has 0 spiro atoms. The quantitative estimate of drug-likeness (QED) is 0.926. The Morgan fingerprint density at radius 1 is 1.33 bits per heavy atom. The first kappa shape index (κ1) is 15.4. The molecule has 1 fully saturated rings. The maximum absolute atomic E-state index is 12.6. The Hall–Kier alpha value is -2.04. The molecule has 0 saturated carbocycles. The van der Waals surface area contributed by atoms with E-state index in [1.165, 1.54) is 0 Å². The van der Waals surface area contributed by atoms with Crippen molar-refractivity contribution in [1.82, 2.24) is 9.80 Å². The van der Waals surface area contributed by atoms with E-state index in [0.29, 0.717) is 32.6 Å². The van der Waals surface area contributed by atoms with Gasteiger partial charge in [-0.1, -0.05) is 30.3 Å². The zero-order valence-electron chi connectivity index (χ0n) is 12.4. The Morgan fingerprint density at radius 3 is 2.67 bits per heavy atom. The molecule has 5 nitrogen and oxygen atoms in total. The largest absolute Gasteiger partial charge is 0.481 e. The van der Waals surface area contributed by atoms with E-state index < -0.39 is 11.9 Å². The second-order valence-electron chi connectivity index (χ2n) is 5.41. The molecule has 2 rings (SSSR count). The smallest absolute Gasteiger partial charge is 0.320 e. The SMILES string of the molecule is CCN(Cc1ccccc1)C(=O)N1CCC[C@@H](C(=O)O)C1. The van der Waals surface area contributed by atoms with Crippen LogP contribution in [-0.4, -0.2) is 46.5 Å². The summed E-state index contributed by atoms with van der Waals surface area (Å²) in [7, 11) is 0. The fourth-order valence-electron chi connectivity index (χ4n) is 2.67. The highest BCUT2D eigenvalue weighted by Crippen LogP contribution is 2.18. The van der Waals surface area contributed by atoms with E-state index in [1.807, 2.05) is 37.3 Å². The number of carbonyl (C=O) groups excluding carboxylic acids is 1. The van der Waals surface area contributed by atoms with E-state index in [9.17, 15) is 9.59 Å². The Balaban J connectivity index is 2.00. The average Bonchev–Trinajstić information content (AvgIpc) is 2.53. The molecular weight excluding hydrogens is 268 g/mol. The van der Waals surface area contributed by atoms with Gasteiger partial charge in [-0.25, -0.2) is 4.79 Å². The molecule has 21 heavy (non-hydrogen) atoms. The number of likely N-dealkylation sites (tertiary alicyclic amines) is 1. The average molecular weight is 290 g/mol. The molecule has 114 valence electrons. The number of piperidine rings is 1. The lowest BCUT2D eigenvalue weighted by molar-refractivity contribution is -0.143. The summed E-state index contributed by atoms with van der Waals surface area (Å²) in [6.45, 7) is 4.08. The predicted octanol–water partition coefficient (Wildman–Crippen LogP) is 2.43. The number of benzene rings is 1. The minimum absolute atomic E-state index is 0.0627. The first-order valence-electron chi connectivity index (χ1n) is 7.42. The highest BCUT2D eigenvalue weighted by molar-refractivity contribution is 5.76. The molecular formula is C16H22N2O3. The molecule has 1 saturated heterocycles. The maximum Gasteiger partial charge on any atom is 0.320 e. The summed E-state index contributed by atoms with van der Waals surface area (Å²) >= 11 is 0. The van der Waals surface area contributed by atoms with Gasteiger partial charge in [-0.3, -0.25) is 4.79 Å². The third-order valence-corrected chi connectivity index (χ3v) is 3.91. The Kier molecular flexibility index (Phi) is 5.20. The molecule has 1 heterocycles. The fourth-order valence-corrected chi connectivity index (χ4v) is 2.67. The third-order valence-electron chi connectivity index (χ3n) is 3.91. The number of urea groups is 1. The van der Waals surface area contributed by atoms with Crippen LogP contribution in [-0.2, 0) is 11.3 Å². The van der Waals surface area contributed by atoms with Crippen molar-refractivity contribution in [3.05, 3.63) is 35.9 Å². The summed E-state index contributed by atoms with van der Waals surface area (Å²) in [6.07, 6.45) is 1.41. The molecule has 0 aromatic heterocycles. The second kappa shape index (κ2) is 7.11. The van der Waals surface area contributed by atoms with Crippen LogP contribution in [0.1, 0.15) is 25.3 Å². The van der Waals surface area contributed by atoms with E-state index in [-0.39, 0.29) is 6.03 Å². The van der Waals surface area contributed by atoms with Gasteiger partial charge in [-0.05, 0) is 25.3 Å². The third kappa shape index (κ3) is 3.97. The predicted molar refractivity (Wildman–Crippen MR) is 79.9 cm³/mol. The van der Waals surface area contributed by atoms with E-state index in [2.05, 4.69) is 0 Å². The van der Waals surface area contributed by atoms with Crippen LogP contribution in [0.3, 0.4) is 0 Å². The summed E-state index contributed by atoms with van der Waals surface area (Å²) in [6, 6.07) is 9.78. The van der Waals surface area contributed by atoms with Gasteiger partial charge in [-0.2, -0.15) is 0 Å². The number of carbonyl (C=O) groups is 2. The van der Waals surface area contributed by atoms with Gasteiger partial charge >= 0.3 is 12.0 Å². The lowest BCUT2D eigenvalue weighted by atomic mass is 9.98. The summed E-state index contributed by atoms with van der Waals surface area (Å²) in [5.41, 5.74) is 1.08. The first-order valence-corrected chi connectivity index (χ1v) is 7.42. The highest BCUT2D eigenvalue weighted by Gasteiger charge is 2.30. The van der Waals surface area contributed by atoms with Crippen molar-refractivity contribution in [2.24, 2.45) is 5.92 Å². The summed E-state index contributed by atoms with van der Waals surface area (Å²) in [5.74, 6) is -1.24. The molecule has 1 N–H and O–H groups in total. The second-order valence-corrected chi connectivity index (χ2v) is 5.41. The Bertz CT molecular complexity index is 490. The minimum Gasteiger partial charge on any atom is -0.481 e. The monoisotopic (exact) mass is 290 g/mol. The summed E-state index contributed by atoms with van der Waals surface area (Å²) < 4.78 is 0.